The van der Waals surface area contributed by atoms with Crippen molar-refractivity contribution in [3.8, 4) is 0 Å². The summed E-state index contributed by atoms with van der Waals surface area (Å²) >= 11 is 0. The molecule has 1 saturated carbocycles. The Hall–Kier alpha value is -0.860. The van der Waals surface area contributed by atoms with E-state index >= 15 is 0 Å². The summed E-state index contributed by atoms with van der Waals surface area (Å²) in [6.45, 7) is -0.744. The molecule has 1 atom stereocenters. The number of carbonyl (C=O) groups excluding carboxylic acids is 1. The lowest BCUT2D eigenvalue weighted by atomic mass is 10.0. The summed E-state index contributed by atoms with van der Waals surface area (Å²) in [5, 5.41) is 10.3. The molecule has 0 aromatic heterocycles. The van der Waals surface area contributed by atoms with Gasteiger partial charge in [-0.25, -0.2) is 0 Å². The van der Waals surface area contributed by atoms with Crippen LogP contribution in [0.1, 0.15) is 25.7 Å². The van der Waals surface area contributed by atoms with E-state index in [4.69, 9.17) is 4.74 Å². The largest absolute Gasteiger partial charge is 0.401 e. The standard InChI is InChI=1S/C14H23F3N2O3/c1-18(9-13(21)4-2-3-5-13)12(20)11-8-22-7-6-19(11)10-14(15,16)17/h11,21H,2-10H2,1H3. The topological polar surface area (TPSA) is 53.0 Å². The SMILES string of the molecule is CN(CC1(O)CCCC1)C(=O)C1COCCN1CC(F)(F)F. The fraction of sp³-hybridized carbons (Fsp3) is 0.929. The van der Waals surface area contributed by atoms with Crippen LogP contribution in [0.25, 0.3) is 0 Å². The van der Waals surface area contributed by atoms with Crippen LogP contribution in [0, 0.1) is 0 Å². The monoisotopic (exact) mass is 324 g/mol. The number of alkyl halides is 3. The van der Waals surface area contributed by atoms with Crippen LogP contribution in [0.4, 0.5) is 13.2 Å². The first-order chi connectivity index (χ1) is 10.2. The summed E-state index contributed by atoms with van der Waals surface area (Å²) in [4.78, 5) is 14.9. The number of hydrogen-bond donors (Lipinski definition) is 1. The molecule has 22 heavy (non-hydrogen) atoms. The first-order valence-electron chi connectivity index (χ1n) is 7.56. The van der Waals surface area contributed by atoms with Crippen molar-refractivity contribution >= 4 is 5.91 Å². The minimum Gasteiger partial charge on any atom is -0.388 e. The second-order valence-electron chi connectivity index (χ2n) is 6.30. The highest BCUT2D eigenvalue weighted by Gasteiger charge is 2.40. The van der Waals surface area contributed by atoms with Gasteiger partial charge >= 0.3 is 6.18 Å². The van der Waals surface area contributed by atoms with Crippen molar-refractivity contribution < 1.29 is 27.8 Å². The van der Waals surface area contributed by atoms with Crippen molar-refractivity contribution in [2.24, 2.45) is 0 Å². The number of halogens is 3. The molecule has 0 radical (unpaired) electrons. The Morgan fingerprint density at radius 3 is 2.64 bits per heavy atom. The van der Waals surface area contributed by atoms with Gasteiger partial charge in [0.25, 0.3) is 0 Å². The summed E-state index contributed by atoms with van der Waals surface area (Å²) in [6.07, 6.45) is -1.29. The van der Waals surface area contributed by atoms with Crippen molar-refractivity contribution in [3.63, 3.8) is 0 Å². The molecule has 8 heteroatoms. The molecular weight excluding hydrogens is 301 g/mol. The van der Waals surface area contributed by atoms with E-state index in [1.807, 2.05) is 0 Å². The fourth-order valence-corrected chi connectivity index (χ4v) is 3.25. The molecule has 128 valence electrons. The Bertz CT molecular complexity index is 397. The first kappa shape index (κ1) is 17.5. The summed E-state index contributed by atoms with van der Waals surface area (Å²) < 4.78 is 43.0. The van der Waals surface area contributed by atoms with E-state index in [1.54, 1.807) is 0 Å². The van der Waals surface area contributed by atoms with Crippen LogP contribution >= 0.6 is 0 Å². The van der Waals surface area contributed by atoms with Crippen molar-refractivity contribution in [2.75, 3.05) is 39.9 Å². The quantitative estimate of drug-likeness (QED) is 0.839. The van der Waals surface area contributed by atoms with Gasteiger partial charge in [0.1, 0.15) is 6.04 Å². The average Bonchev–Trinajstić information content (AvgIpc) is 2.83. The molecule has 0 aromatic rings. The smallest absolute Gasteiger partial charge is 0.388 e. The van der Waals surface area contributed by atoms with Crippen LogP contribution in [0.5, 0.6) is 0 Å². The third-order valence-electron chi connectivity index (χ3n) is 4.35. The van der Waals surface area contributed by atoms with Crippen molar-refractivity contribution in [3.05, 3.63) is 0 Å². The van der Waals surface area contributed by atoms with Crippen molar-refractivity contribution in [1.29, 1.82) is 0 Å². The van der Waals surface area contributed by atoms with Crippen LogP contribution in [0.15, 0.2) is 0 Å². The summed E-state index contributed by atoms with van der Waals surface area (Å²) in [5.41, 5.74) is -0.908. The molecule has 1 aliphatic carbocycles. The molecule has 1 heterocycles. The van der Waals surface area contributed by atoms with Gasteiger partial charge in [-0.05, 0) is 12.8 Å². The van der Waals surface area contributed by atoms with E-state index in [2.05, 4.69) is 0 Å². The third kappa shape index (κ3) is 4.57. The van der Waals surface area contributed by atoms with Crippen LogP contribution in [0.2, 0.25) is 0 Å². The predicted molar refractivity (Wildman–Crippen MR) is 73.3 cm³/mol. The van der Waals surface area contributed by atoms with Gasteiger partial charge in [0.05, 0.1) is 25.4 Å². The Morgan fingerprint density at radius 1 is 1.41 bits per heavy atom. The zero-order chi connectivity index (χ0) is 16.4. The van der Waals surface area contributed by atoms with E-state index in [0.29, 0.717) is 12.8 Å². The zero-order valence-electron chi connectivity index (χ0n) is 12.7. The molecule has 0 bridgehead atoms. The lowest BCUT2D eigenvalue weighted by Gasteiger charge is -2.38. The van der Waals surface area contributed by atoms with Crippen LogP contribution in [0.3, 0.4) is 0 Å². The number of aliphatic hydroxyl groups is 1. The molecule has 1 aliphatic heterocycles. The van der Waals surface area contributed by atoms with Gasteiger partial charge in [-0.2, -0.15) is 13.2 Å². The molecule has 1 amide bonds. The first-order valence-corrected chi connectivity index (χ1v) is 7.56. The average molecular weight is 324 g/mol. The number of hydrogen-bond acceptors (Lipinski definition) is 4. The van der Waals surface area contributed by atoms with E-state index in [0.717, 1.165) is 17.7 Å². The van der Waals surface area contributed by atoms with Gasteiger partial charge in [0.2, 0.25) is 5.91 Å². The lowest BCUT2D eigenvalue weighted by Crippen LogP contribution is -2.57. The normalized spacial score (nSPS) is 26.1. The Morgan fingerprint density at radius 2 is 2.05 bits per heavy atom. The van der Waals surface area contributed by atoms with Gasteiger partial charge in [-0.15, -0.1) is 0 Å². The second-order valence-corrected chi connectivity index (χ2v) is 6.30. The second kappa shape index (κ2) is 6.72. The summed E-state index contributed by atoms with van der Waals surface area (Å²) in [5.74, 6) is -0.427. The summed E-state index contributed by atoms with van der Waals surface area (Å²) in [7, 11) is 1.53. The van der Waals surface area contributed by atoms with Gasteiger partial charge < -0.3 is 14.7 Å². The summed E-state index contributed by atoms with van der Waals surface area (Å²) in [6, 6.07) is -0.939. The molecule has 1 saturated heterocycles. The number of rotatable bonds is 4. The number of morpholine rings is 1. The van der Waals surface area contributed by atoms with Gasteiger partial charge in [0, 0.05) is 20.1 Å². The maximum absolute atomic E-state index is 12.6. The minimum absolute atomic E-state index is 0.0440. The zero-order valence-corrected chi connectivity index (χ0v) is 12.7. The number of amides is 1. The highest BCUT2D eigenvalue weighted by Crippen LogP contribution is 2.30. The number of ether oxygens (including phenoxy) is 1. The molecule has 1 unspecified atom stereocenters. The highest BCUT2D eigenvalue weighted by molar-refractivity contribution is 5.82. The molecule has 0 spiro atoms. The Kier molecular flexibility index (Phi) is 5.34. The molecule has 2 rings (SSSR count). The number of likely N-dealkylation sites (N-methyl/N-ethyl adjacent to an activating group) is 1. The van der Waals surface area contributed by atoms with Crippen molar-refractivity contribution in [1.82, 2.24) is 9.80 Å². The van der Waals surface area contributed by atoms with Gasteiger partial charge in [-0.3, -0.25) is 9.69 Å². The van der Waals surface area contributed by atoms with E-state index in [9.17, 15) is 23.1 Å². The van der Waals surface area contributed by atoms with E-state index in [1.165, 1.54) is 11.9 Å². The minimum atomic E-state index is -4.35. The van der Waals surface area contributed by atoms with E-state index < -0.39 is 30.3 Å². The number of carbonyl (C=O) groups is 1. The highest BCUT2D eigenvalue weighted by atomic mass is 19.4. The molecule has 5 nitrogen and oxygen atoms in total. The van der Waals surface area contributed by atoms with Crippen LogP contribution < -0.4 is 0 Å². The Labute approximate surface area is 128 Å². The van der Waals surface area contributed by atoms with E-state index in [-0.39, 0.29) is 26.3 Å². The van der Waals surface area contributed by atoms with Crippen molar-refractivity contribution in [2.45, 2.75) is 43.5 Å². The molecular formula is C14H23F3N2O3. The maximum Gasteiger partial charge on any atom is 0.401 e. The van der Waals surface area contributed by atoms with Crippen LogP contribution in [-0.4, -0.2) is 78.5 Å². The van der Waals surface area contributed by atoms with Gasteiger partial charge in [0.15, 0.2) is 0 Å². The molecule has 2 aliphatic rings. The Balaban J connectivity index is 1.98. The third-order valence-corrected chi connectivity index (χ3v) is 4.35. The maximum atomic E-state index is 12.6. The fourth-order valence-electron chi connectivity index (χ4n) is 3.25. The lowest BCUT2D eigenvalue weighted by molar-refractivity contribution is -0.171. The molecule has 2 fully saturated rings. The van der Waals surface area contributed by atoms with Crippen LogP contribution in [-0.2, 0) is 9.53 Å². The molecule has 1 N–H and O–H groups in total. The number of nitrogens with zero attached hydrogens (tertiary/aromatic N) is 2. The predicted octanol–water partition coefficient (Wildman–Crippen LogP) is 1.01. The van der Waals surface area contributed by atoms with Gasteiger partial charge in [-0.1, -0.05) is 12.8 Å². The molecule has 0 aromatic carbocycles.